The molecule has 0 aliphatic carbocycles. The summed E-state index contributed by atoms with van der Waals surface area (Å²) < 4.78 is 5.73. The van der Waals surface area contributed by atoms with Crippen molar-refractivity contribution in [3.63, 3.8) is 0 Å². The second-order valence-corrected chi connectivity index (χ2v) is 7.83. The summed E-state index contributed by atoms with van der Waals surface area (Å²) in [5.74, 6) is -2.21. The van der Waals surface area contributed by atoms with Crippen LogP contribution >= 0.6 is 0 Å². The zero-order valence-electron chi connectivity index (χ0n) is 18.2. The number of benzene rings is 3. The van der Waals surface area contributed by atoms with Gasteiger partial charge in [0.25, 0.3) is 0 Å². The van der Waals surface area contributed by atoms with Crippen LogP contribution in [0.2, 0.25) is 0 Å². The lowest BCUT2D eigenvalue weighted by atomic mass is 10.1. The molecule has 0 aliphatic rings. The molecule has 0 radical (unpaired) electrons. The molecule has 1 aromatic heterocycles. The number of hydrogen-bond acceptors (Lipinski definition) is 7. The van der Waals surface area contributed by atoms with Crippen molar-refractivity contribution in [1.29, 1.82) is 0 Å². The number of carboxylic acids is 1. The van der Waals surface area contributed by atoms with Gasteiger partial charge < -0.3 is 35.3 Å². The molecule has 0 fully saturated rings. The lowest BCUT2D eigenvalue weighted by Gasteiger charge is -2.13. The standard InChI is InChI=1S/C26H21NO8/c28-17-6-1-14(2-7-17)11-19(26(33)34)27-24(32)10-5-15-3-9-21(30)25-18(15)13-23(35-25)16-4-8-20(29)22(31)12-16/h1-10,12-13,19,28-31H,11H2,(H,27,32)(H,33,34)/b10-5+. The molecule has 35 heavy (non-hydrogen) atoms. The largest absolute Gasteiger partial charge is 0.508 e. The number of carbonyl (C=O) groups excluding carboxylic acids is 1. The lowest BCUT2D eigenvalue weighted by Crippen LogP contribution is -2.41. The van der Waals surface area contributed by atoms with Crippen LogP contribution < -0.4 is 5.32 Å². The maximum atomic E-state index is 12.4. The van der Waals surface area contributed by atoms with E-state index in [0.29, 0.717) is 27.8 Å². The summed E-state index contributed by atoms with van der Waals surface area (Å²) in [6, 6.07) is 13.6. The van der Waals surface area contributed by atoms with Crippen LogP contribution in [0.5, 0.6) is 23.0 Å². The van der Waals surface area contributed by atoms with Crippen molar-refractivity contribution in [3.8, 4) is 34.3 Å². The van der Waals surface area contributed by atoms with Crippen molar-refractivity contribution in [1.82, 2.24) is 5.32 Å². The Labute approximate surface area is 198 Å². The Balaban J connectivity index is 1.56. The van der Waals surface area contributed by atoms with Crippen LogP contribution in [0.15, 0.2) is 71.2 Å². The predicted molar refractivity (Wildman–Crippen MR) is 127 cm³/mol. The highest BCUT2D eigenvalue weighted by Gasteiger charge is 2.20. The van der Waals surface area contributed by atoms with Gasteiger partial charge in [0.2, 0.25) is 5.91 Å². The van der Waals surface area contributed by atoms with E-state index in [9.17, 15) is 35.1 Å². The molecule has 0 saturated heterocycles. The first-order valence-electron chi connectivity index (χ1n) is 10.5. The molecule has 1 unspecified atom stereocenters. The second kappa shape index (κ2) is 9.52. The minimum atomic E-state index is -1.21. The second-order valence-electron chi connectivity index (χ2n) is 7.83. The monoisotopic (exact) mass is 475 g/mol. The van der Waals surface area contributed by atoms with Crippen LogP contribution in [0.3, 0.4) is 0 Å². The summed E-state index contributed by atoms with van der Waals surface area (Å²) in [7, 11) is 0. The van der Waals surface area contributed by atoms with E-state index in [0.717, 1.165) is 0 Å². The summed E-state index contributed by atoms with van der Waals surface area (Å²) in [6.07, 6.45) is 2.67. The first kappa shape index (κ1) is 23.2. The molecule has 3 aromatic carbocycles. The number of phenols is 4. The third-order valence-corrected chi connectivity index (χ3v) is 5.36. The molecule has 9 nitrogen and oxygen atoms in total. The number of carboxylic acid groups (broad SMARTS) is 1. The van der Waals surface area contributed by atoms with Gasteiger partial charge in [0.1, 0.15) is 17.6 Å². The highest BCUT2D eigenvalue weighted by Crippen LogP contribution is 2.37. The number of hydrogen-bond donors (Lipinski definition) is 6. The Bertz CT molecular complexity index is 1440. The Morgan fingerprint density at radius 2 is 1.60 bits per heavy atom. The van der Waals surface area contributed by atoms with Crippen LogP contribution in [0.1, 0.15) is 11.1 Å². The van der Waals surface area contributed by atoms with Crippen LogP contribution in [0, 0.1) is 0 Å². The summed E-state index contributed by atoms with van der Waals surface area (Å²) in [5, 5.41) is 51.2. The molecule has 1 amide bonds. The van der Waals surface area contributed by atoms with Gasteiger partial charge >= 0.3 is 5.97 Å². The Morgan fingerprint density at radius 3 is 2.29 bits per heavy atom. The average Bonchev–Trinajstić information content (AvgIpc) is 3.28. The van der Waals surface area contributed by atoms with Gasteiger partial charge in [-0.25, -0.2) is 4.79 Å². The summed E-state index contributed by atoms with van der Waals surface area (Å²) in [6.45, 7) is 0. The van der Waals surface area contributed by atoms with Gasteiger partial charge in [-0.05, 0) is 59.7 Å². The van der Waals surface area contributed by atoms with E-state index in [1.807, 2.05) is 0 Å². The Hall–Kier alpha value is -4.92. The number of phenolic OH excluding ortho intramolecular Hbond substituents is 4. The molecule has 0 bridgehead atoms. The van der Waals surface area contributed by atoms with Gasteiger partial charge in [-0.3, -0.25) is 4.79 Å². The predicted octanol–water partition coefficient (Wildman–Crippen LogP) is 3.75. The van der Waals surface area contributed by atoms with E-state index < -0.39 is 17.9 Å². The number of carbonyl (C=O) groups is 2. The van der Waals surface area contributed by atoms with Crippen molar-refractivity contribution in [2.24, 2.45) is 0 Å². The van der Waals surface area contributed by atoms with Gasteiger partial charge in [0.05, 0.1) is 0 Å². The third kappa shape index (κ3) is 5.19. The van der Waals surface area contributed by atoms with E-state index in [1.165, 1.54) is 48.6 Å². The number of amides is 1. The molecule has 4 aromatic rings. The van der Waals surface area contributed by atoms with Gasteiger partial charge in [0.15, 0.2) is 22.8 Å². The molecular weight excluding hydrogens is 454 g/mol. The fourth-order valence-electron chi connectivity index (χ4n) is 3.55. The van der Waals surface area contributed by atoms with Gasteiger partial charge in [-0.2, -0.15) is 0 Å². The maximum absolute atomic E-state index is 12.4. The molecule has 0 saturated carbocycles. The normalized spacial score (nSPS) is 12.1. The summed E-state index contributed by atoms with van der Waals surface area (Å²) in [4.78, 5) is 24.1. The maximum Gasteiger partial charge on any atom is 0.326 e. The average molecular weight is 475 g/mol. The van der Waals surface area contributed by atoms with E-state index in [4.69, 9.17) is 4.42 Å². The zero-order valence-corrected chi connectivity index (χ0v) is 18.2. The molecule has 1 heterocycles. The van der Waals surface area contributed by atoms with Gasteiger partial charge in [-0.15, -0.1) is 0 Å². The number of nitrogens with one attached hydrogen (secondary N) is 1. The van der Waals surface area contributed by atoms with Crippen LogP contribution in [-0.2, 0) is 16.0 Å². The molecule has 0 spiro atoms. The number of aliphatic carboxylic acids is 1. The molecular formula is C26H21NO8. The number of fused-ring (bicyclic) bond motifs is 1. The zero-order chi connectivity index (χ0) is 25.1. The third-order valence-electron chi connectivity index (χ3n) is 5.36. The van der Waals surface area contributed by atoms with Crippen molar-refractivity contribution in [3.05, 3.63) is 77.9 Å². The number of aromatic hydroxyl groups is 4. The van der Waals surface area contributed by atoms with Gasteiger partial charge in [0, 0.05) is 23.4 Å². The van der Waals surface area contributed by atoms with E-state index >= 15 is 0 Å². The number of rotatable bonds is 7. The van der Waals surface area contributed by atoms with Crippen molar-refractivity contribution < 1.29 is 39.5 Å². The smallest absolute Gasteiger partial charge is 0.326 e. The molecule has 6 N–H and O–H groups in total. The Kier molecular flexibility index (Phi) is 6.32. The summed E-state index contributed by atoms with van der Waals surface area (Å²) in [5.41, 5.74) is 1.77. The molecule has 4 rings (SSSR count). The molecule has 9 heteroatoms. The SMILES string of the molecule is O=C(/C=C/c1ccc(O)c2oc(-c3ccc(O)c(O)c3)cc12)NC(Cc1ccc(O)cc1)C(=O)O. The van der Waals surface area contributed by atoms with Crippen LogP contribution in [0.25, 0.3) is 28.4 Å². The van der Waals surface area contributed by atoms with Crippen LogP contribution in [-0.4, -0.2) is 43.5 Å². The van der Waals surface area contributed by atoms with E-state index in [2.05, 4.69) is 5.32 Å². The van der Waals surface area contributed by atoms with Crippen molar-refractivity contribution in [2.45, 2.75) is 12.5 Å². The lowest BCUT2D eigenvalue weighted by molar-refractivity contribution is -0.141. The fourth-order valence-corrected chi connectivity index (χ4v) is 3.55. The topological polar surface area (TPSA) is 160 Å². The summed E-state index contributed by atoms with van der Waals surface area (Å²) >= 11 is 0. The fraction of sp³-hybridized carbons (Fsp3) is 0.0769. The first-order chi connectivity index (χ1) is 16.7. The van der Waals surface area contributed by atoms with Crippen molar-refractivity contribution >= 4 is 28.9 Å². The molecule has 0 aliphatic heterocycles. The minimum absolute atomic E-state index is 0.0310. The highest BCUT2D eigenvalue weighted by molar-refractivity contribution is 5.99. The van der Waals surface area contributed by atoms with E-state index in [-0.39, 0.29) is 35.0 Å². The number of furan rings is 1. The Morgan fingerprint density at radius 1 is 0.886 bits per heavy atom. The molecule has 178 valence electrons. The first-order valence-corrected chi connectivity index (χ1v) is 10.5. The van der Waals surface area contributed by atoms with Crippen LogP contribution in [0.4, 0.5) is 0 Å². The molecule has 1 atom stereocenters. The highest BCUT2D eigenvalue weighted by atomic mass is 16.4. The van der Waals surface area contributed by atoms with Gasteiger partial charge in [-0.1, -0.05) is 18.2 Å². The quantitative estimate of drug-likeness (QED) is 0.174. The van der Waals surface area contributed by atoms with Crippen molar-refractivity contribution in [2.75, 3.05) is 0 Å². The minimum Gasteiger partial charge on any atom is -0.508 e. The van der Waals surface area contributed by atoms with E-state index in [1.54, 1.807) is 24.3 Å².